The van der Waals surface area contributed by atoms with Crippen molar-refractivity contribution in [2.45, 2.75) is 56.5 Å². The number of nitrogens with one attached hydrogen (secondary N) is 1. The van der Waals surface area contributed by atoms with Crippen molar-refractivity contribution in [3.05, 3.63) is 34.0 Å². The third-order valence-electron chi connectivity index (χ3n) is 6.42. The van der Waals surface area contributed by atoms with E-state index in [0.29, 0.717) is 17.5 Å². The first kappa shape index (κ1) is 19.0. The van der Waals surface area contributed by atoms with E-state index in [1.807, 2.05) is 10.6 Å². The highest BCUT2D eigenvalue weighted by atomic mass is 35.5. The molecule has 1 aliphatic carbocycles. The first-order chi connectivity index (χ1) is 12.7. The Morgan fingerprint density at radius 3 is 2.37 bits per heavy atom. The van der Waals surface area contributed by atoms with Crippen LogP contribution in [0.1, 0.15) is 56.0 Å². The van der Waals surface area contributed by atoms with Gasteiger partial charge in [-0.05, 0) is 62.1 Å². The number of benzene rings is 1. The maximum Gasteiger partial charge on any atom is 0.326 e. The zero-order valence-electron chi connectivity index (χ0n) is 15.5. The predicted molar refractivity (Wildman–Crippen MR) is 105 cm³/mol. The summed E-state index contributed by atoms with van der Waals surface area (Å²) >= 11 is 0. The molecule has 2 aliphatic heterocycles. The molecule has 0 spiro atoms. The van der Waals surface area contributed by atoms with Crippen LogP contribution in [0.2, 0.25) is 0 Å². The van der Waals surface area contributed by atoms with Crippen molar-refractivity contribution in [3.63, 3.8) is 0 Å². The van der Waals surface area contributed by atoms with E-state index in [1.165, 1.54) is 0 Å². The second-order valence-electron chi connectivity index (χ2n) is 8.08. The average molecular weight is 396 g/mol. The number of aromatic nitrogens is 2. The van der Waals surface area contributed by atoms with Crippen LogP contribution in [0.25, 0.3) is 11.0 Å². The van der Waals surface area contributed by atoms with Crippen molar-refractivity contribution in [1.82, 2.24) is 14.5 Å². The van der Waals surface area contributed by atoms with Gasteiger partial charge in [-0.3, -0.25) is 4.57 Å². The number of likely N-dealkylation sites (tertiary alicyclic amines) is 1. The summed E-state index contributed by atoms with van der Waals surface area (Å²) < 4.78 is 21.8. The van der Waals surface area contributed by atoms with Crippen LogP contribution in [0.4, 0.5) is 4.39 Å². The van der Waals surface area contributed by atoms with E-state index < -0.39 is 0 Å². The molecular formula is C20H27ClFN3O2. The topological polar surface area (TPSA) is 50.3 Å². The SMILES string of the molecule is Cl.O=c1[nH]c2c(F)cc(C3CC3)cc2n1C1CCN(C2CCOCC2)CC1. The summed E-state index contributed by atoms with van der Waals surface area (Å²) in [4.78, 5) is 17.9. The summed E-state index contributed by atoms with van der Waals surface area (Å²) in [7, 11) is 0. The van der Waals surface area contributed by atoms with Gasteiger partial charge in [-0.2, -0.15) is 0 Å². The van der Waals surface area contributed by atoms with Crippen molar-refractivity contribution >= 4 is 23.4 Å². The molecule has 2 aromatic rings. The van der Waals surface area contributed by atoms with Crippen molar-refractivity contribution in [3.8, 4) is 0 Å². The smallest absolute Gasteiger partial charge is 0.326 e. The molecule has 7 heteroatoms. The van der Waals surface area contributed by atoms with Crippen molar-refractivity contribution < 1.29 is 9.13 Å². The number of hydrogen-bond acceptors (Lipinski definition) is 3. The van der Waals surface area contributed by atoms with Gasteiger partial charge in [0, 0.05) is 38.4 Å². The lowest BCUT2D eigenvalue weighted by atomic mass is 9.99. The predicted octanol–water partition coefficient (Wildman–Crippen LogP) is 3.58. The molecule has 2 saturated heterocycles. The van der Waals surface area contributed by atoms with Crippen LogP contribution in [0.5, 0.6) is 0 Å². The Balaban J connectivity index is 0.00000180. The van der Waals surface area contributed by atoms with E-state index in [9.17, 15) is 9.18 Å². The van der Waals surface area contributed by atoms with Gasteiger partial charge in [-0.25, -0.2) is 9.18 Å². The van der Waals surface area contributed by atoms with E-state index in [-0.39, 0.29) is 30.0 Å². The Kier molecular flexibility index (Phi) is 5.32. The van der Waals surface area contributed by atoms with E-state index >= 15 is 0 Å². The summed E-state index contributed by atoms with van der Waals surface area (Å²) in [5.74, 6) is 0.183. The molecule has 148 valence electrons. The monoisotopic (exact) mass is 395 g/mol. The summed E-state index contributed by atoms with van der Waals surface area (Å²) in [6, 6.07) is 4.41. The highest BCUT2D eigenvalue weighted by molar-refractivity contribution is 5.85. The lowest BCUT2D eigenvalue weighted by molar-refractivity contribution is 0.0220. The number of aromatic amines is 1. The number of hydrogen-bond donors (Lipinski definition) is 1. The van der Waals surface area contributed by atoms with Gasteiger partial charge in [0.2, 0.25) is 0 Å². The number of rotatable bonds is 3. The van der Waals surface area contributed by atoms with Gasteiger partial charge in [0.1, 0.15) is 11.3 Å². The molecule has 1 N–H and O–H groups in total. The van der Waals surface area contributed by atoms with Crippen LogP contribution in [0.15, 0.2) is 16.9 Å². The Morgan fingerprint density at radius 2 is 1.70 bits per heavy atom. The molecule has 3 fully saturated rings. The average Bonchev–Trinajstić information content (AvgIpc) is 3.46. The molecule has 5 rings (SSSR count). The first-order valence-corrected chi connectivity index (χ1v) is 9.96. The minimum atomic E-state index is -0.292. The molecule has 0 amide bonds. The largest absolute Gasteiger partial charge is 0.381 e. The fourth-order valence-corrected chi connectivity index (χ4v) is 4.78. The van der Waals surface area contributed by atoms with Gasteiger partial charge in [0.25, 0.3) is 0 Å². The van der Waals surface area contributed by atoms with Crippen molar-refractivity contribution in [1.29, 1.82) is 0 Å². The molecular weight excluding hydrogens is 369 g/mol. The van der Waals surface area contributed by atoms with E-state index in [2.05, 4.69) is 9.88 Å². The number of piperidine rings is 1. The molecule has 0 atom stereocenters. The second-order valence-corrected chi connectivity index (χ2v) is 8.08. The zero-order chi connectivity index (χ0) is 17.7. The quantitative estimate of drug-likeness (QED) is 0.864. The van der Waals surface area contributed by atoms with E-state index in [1.54, 1.807) is 6.07 Å². The lowest BCUT2D eigenvalue weighted by Gasteiger charge is -2.39. The Hall–Kier alpha value is -1.37. The molecule has 1 aromatic heterocycles. The minimum absolute atomic E-state index is 0. The summed E-state index contributed by atoms with van der Waals surface area (Å²) in [6.45, 7) is 3.71. The molecule has 0 radical (unpaired) electrons. The normalized spacial score (nSPS) is 22.9. The Bertz CT molecular complexity index is 862. The molecule has 5 nitrogen and oxygen atoms in total. The Morgan fingerprint density at radius 1 is 1.00 bits per heavy atom. The molecule has 0 unspecified atom stereocenters. The summed E-state index contributed by atoms with van der Waals surface area (Å²) in [5.41, 5.74) is 1.99. The van der Waals surface area contributed by atoms with Gasteiger partial charge in [-0.1, -0.05) is 0 Å². The number of ether oxygens (including phenoxy) is 1. The van der Waals surface area contributed by atoms with E-state index in [4.69, 9.17) is 4.74 Å². The minimum Gasteiger partial charge on any atom is -0.381 e. The fourth-order valence-electron chi connectivity index (χ4n) is 4.78. The number of imidazole rings is 1. The Labute approximate surface area is 164 Å². The highest BCUT2D eigenvalue weighted by Crippen LogP contribution is 2.41. The second kappa shape index (κ2) is 7.57. The molecule has 1 aromatic carbocycles. The van der Waals surface area contributed by atoms with Gasteiger partial charge in [0.05, 0.1) is 5.52 Å². The van der Waals surface area contributed by atoms with Gasteiger partial charge >= 0.3 is 5.69 Å². The van der Waals surface area contributed by atoms with Crippen LogP contribution < -0.4 is 5.69 Å². The zero-order valence-corrected chi connectivity index (χ0v) is 16.3. The molecule has 3 aliphatic rings. The van der Waals surface area contributed by atoms with Crippen LogP contribution >= 0.6 is 12.4 Å². The summed E-state index contributed by atoms with van der Waals surface area (Å²) in [6.07, 6.45) is 6.35. The van der Waals surface area contributed by atoms with Crippen molar-refractivity contribution in [2.75, 3.05) is 26.3 Å². The van der Waals surface area contributed by atoms with Crippen LogP contribution in [0.3, 0.4) is 0 Å². The van der Waals surface area contributed by atoms with Crippen LogP contribution in [-0.2, 0) is 4.74 Å². The van der Waals surface area contributed by atoms with Gasteiger partial charge in [0.15, 0.2) is 0 Å². The number of fused-ring (bicyclic) bond motifs is 1. The number of nitrogens with zero attached hydrogens (tertiary/aromatic N) is 2. The standard InChI is InChI=1S/C20H26FN3O2.ClH/c21-17-11-14(13-1-2-13)12-18-19(17)22-20(25)24(18)16-3-7-23(8-4-16)15-5-9-26-10-6-15;/h11-13,15-16H,1-10H2,(H,22,25);1H. The number of H-pyrrole nitrogens is 1. The highest BCUT2D eigenvalue weighted by Gasteiger charge is 2.30. The molecule has 1 saturated carbocycles. The van der Waals surface area contributed by atoms with E-state index in [0.717, 1.165) is 75.9 Å². The van der Waals surface area contributed by atoms with Crippen molar-refractivity contribution in [2.24, 2.45) is 0 Å². The van der Waals surface area contributed by atoms with Gasteiger partial charge in [-0.15, -0.1) is 12.4 Å². The van der Waals surface area contributed by atoms with Crippen LogP contribution in [0, 0.1) is 5.82 Å². The molecule has 27 heavy (non-hydrogen) atoms. The van der Waals surface area contributed by atoms with Crippen LogP contribution in [-0.4, -0.2) is 46.8 Å². The maximum absolute atomic E-state index is 14.5. The summed E-state index contributed by atoms with van der Waals surface area (Å²) in [5, 5.41) is 0. The molecule has 3 heterocycles. The number of halogens is 2. The maximum atomic E-state index is 14.5. The first-order valence-electron chi connectivity index (χ1n) is 9.96. The molecule has 0 bridgehead atoms. The third kappa shape index (κ3) is 3.55. The third-order valence-corrected chi connectivity index (χ3v) is 6.42. The van der Waals surface area contributed by atoms with Gasteiger partial charge < -0.3 is 14.6 Å². The fraction of sp³-hybridized carbons (Fsp3) is 0.650. The lowest BCUT2D eigenvalue weighted by Crippen LogP contribution is -2.45.